The highest BCUT2D eigenvalue weighted by molar-refractivity contribution is 6.06. The summed E-state index contributed by atoms with van der Waals surface area (Å²) in [5.74, 6) is 0.708. The van der Waals surface area contributed by atoms with E-state index in [1.165, 1.54) is 0 Å². The molecule has 0 radical (unpaired) electrons. The number of nitrogens with one attached hydrogen (secondary N) is 2. The summed E-state index contributed by atoms with van der Waals surface area (Å²) in [4.78, 5) is 19.6. The van der Waals surface area contributed by atoms with Gasteiger partial charge in [-0.1, -0.05) is 6.07 Å². The monoisotopic (exact) mass is 319 g/mol. The van der Waals surface area contributed by atoms with Gasteiger partial charge in [-0.3, -0.25) is 4.79 Å². The molecule has 2 N–H and O–H groups in total. The molecule has 24 heavy (non-hydrogen) atoms. The third-order valence-corrected chi connectivity index (χ3v) is 3.58. The van der Waals surface area contributed by atoms with E-state index in [0.717, 1.165) is 16.6 Å². The van der Waals surface area contributed by atoms with Crippen molar-refractivity contribution in [3.8, 4) is 11.5 Å². The number of H-pyrrole nitrogens is 1. The molecule has 0 aliphatic carbocycles. The maximum absolute atomic E-state index is 12.4. The Kier molecular flexibility index (Phi) is 3.31. The van der Waals surface area contributed by atoms with E-state index in [9.17, 15) is 4.79 Å². The molecule has 7 heteroatoms. The Morgan fingerprint density at radius 1 is 1.17 bits per heavy atom. The van der Waals surface area contributed by atoms with Crippen LogP contribution in [0, 0.1) is 6.92 Å². The normalized spacial score (nSPS) is 10.9. The van der Waals surface area contributed by atoms with Crippen molar-refractivity contribution in [2.24, 2.45) is 0 Å². The van der Waals surface area contributed by atoms with Gasteiger partial charge in [-0.15, -0.1) is 10.2 Å². The standard InChI is InChI=1S/C17H13N5O2/c1-10-21-22-17(24-10)12-3-2-4-13(7-12)20-16(23)11-5-6-14-15(8-11)19-9-18-14/h2-9H,1H3,(H,18,19)(H,20,23). The minimum Gasteiger partial charge on any atom is -0.421 e. The van der Waals surface area contributed by atoms with E-state index in [-0.39, 0.29) is 5.91 Å². The lowest BCUT2D eigenvalue weighted by molar-refractivity contribution is 0.102. The fraction of sp³-hybridized carbons (Fsp3) is 0.0588. The van der Waals surface area contributed by atoms with E-state index < -0.39 is 0 Å². The number of aromatic nitrogens is 4. The van der Waals surface area contributed by atoms with Crippen LogP contribution < -0.4 is 5.32 Å². The number of anilines is 1. The van der Waals surface area contributed by atoms with Crippen LogP contribution in [0.4, 0.5) is 5.69 Å². The van der Waals surface area contributed by atoms with E-state index in [1.807, 2.05) is 12.1 Å². The number of rotatable bonds is 3. The molecule has 0 spiro atoms. The average Bonchev–Trinajstić information content (AvgIpc) is 3.23. The number of hydrogen-bond acceptors (Lipinski definition) is 5. The van der Waals surface area contributed by atoms with Crippen molar-refractivity contribution < 1.29 is 9.21 Å². The minimum absolute atomic E-state index is 0.203. The fourth-order valence-corrected chi connectivity index (χ4v) is 2.42. The summed E-state index contributed by atoms with van der Waals surface area (Å²) in [5, 5.41) is 10.7. The van der Waals surface area contributed by atoms with Gasteiger partial charge in [0.25, 0.3) is 5.91 Å². The largest absolute Gasteiger partial charge is 0.421 e. The van der Waals surface area contributed by atoms with Crippen molar-refractivity contribution in [3.05, 3.63) is 60.2 Å². The van der Waals surface area contributed by atoms with Gasteiger partial charge in [0, 0.05) is 23.7 Å². The zero-order valence-electron chi connectivity index (χ0n) is 12.8. The third-order valence-electron chi connectivity index (χ3n) is 3.58. The Balaban J connectivity index is 1.59. The Labute approximate surface area is 136 Å². The van der Waals surface area contributed by atoms with Crippen molar-refractivity contribution >= 4 is 22.6 Å². The molecule has 118 valence electrons. The molecule has 0 unspecified atom stereocenters. The summed E-state index contributed by atoms with van der Waals surface area (Å²) in [6.07, 6.45) is 1.60. The number of aromatic amines is 1. The van der Waals surface area contributed by atoms with Gasteiger partial charge in [0.05, 0.1) is 17.4 Å². The van der Waals surface area contributed by atoms with Gasteiger partial charge < -0.3 is 14.7 Å². The second-order valence-electron chi connectivity index (χ2n) is 5.30. The van der Waals surface area contributed by atoms with Gasteiger partial charge in [0.2, 0.25) is 11.8 Å². The SMILES string of the molecule is Cc1nnc(-c2cccc(NC(=O)c3ccc4nc[nH]c4c3)c2)o1. The van der Waals surface area contributed by atoms with Crippen LogP contribution in [-0.4, -0.2) is 26.1 Å². The number of carbonyl (C=O) groups is 1. The molecule has 1 amide bonds. The molecule has 2 heterocycles. The van der Waals surface area contributed by atoms with Crippen molar-refractivity contribution in [1.82, 2.24) is 20.2 Å². The second-order valence-corrected chi connectivity index (χ2v) is 5.30. The first kappa shape index (κ1) is 14.1. The van der Waals surface area contributed by atoms with Crippen molar-refractivity contribution in [3.63, 3.8) is 0 Å². The lowest BCUT2D eigenvalue weighted by atomic mass is 10.1. The predicted octanol–water partition coefficient (Wildman–Crippen LogP) is 3.17. The number of benzene rings is 2. The third kappa shape index (κ3) is 2.63. The first-order chi connectivity index (χ1) is 11.7. The van der Waals surface area contributed by atoms with Gasteiger partial charge in [0.1, 0.15) is 0 Å². The molecule has 0 aliphatic rings. The zero-order chi connectivity index (χ0) is 16.5. The minimum atomic E-state index is -0.203. The number of hydrogen-bond donors (Lipinski definition) is 2. The number of amides is 1. The van der Waals surface area contributed by atoms with E-state index in [0.29, 0.717) is 23.0 Å². The van der Waals surface area contributed by atoms with Crippen molar-refractivity contribution in [2.75, 3.05) is 5.32 Å². The first-order valence-electron chi connectivity index (χ1n) is 7.34. The number of imidazole rings is 1. The van der Waals surface area contributed by atoms with Gasteiger partial charge in [-0.25, -0.2) is 4.98 Å². The molecule has 0 fully saturated rings. The molecule has 0 aliphatic heterocycles. The van der Waals surface area contributed by atoms with Crippen LogP contribution in [0.5, 0.6) is 0 Å². The first-order valence-corrected chi connectivity index (χ1v) is 7.34. The molecule has 0 bridgehead atoms. The van der Waals surface area contributed by atoms with E-state index in [2.05, 4.69) is 25.5 Å². The van der Waals surface area contributed by atoms with Gasteiger partial charge in [-0.05, 0) is 36.4 Å². The topological polar surface area (TPSA) is 96.7 Å². The Hall–Kier alpha value is -3.48. The Morgan fingerprint density at radius 3 is 2.92 bits per heavy atom. The molecular formula is C17H13N5O2. The van der Waals surface area contributed by atoms with Gasteiger partial charge >= 0.3 is 0 Å². The van der Waals surface area contributed by atoms with Crippen molar-refractivity contribution in [1.29, 1.82) is 0 Å². The van der Waals surface area contributed by atoms with E-state index in [1.54, 1.807) is 43.6 Å². The number of carbonyl (C=O) groups excluding carboxylic acids is 1. The van der Waals surface area contributed by atoms with Crippen LogP contribution in [0.1, 0.15) is 16.2 Å². The Bertz CT molecular complexity index is 1030. The van der Waals surface area contributed by atoms with Crippen LogP contribution in [0.2, 0.25) is 0 Å². The zero-order valence-corrected chi connectivity index (χ0v) is 12.8. The van der Waals surface area contributed by atoms with Crippen LogP contribution in [0.25, 0.3) is 22.5 Å². The van der Waals surface area contributed by atoms with Gasteiger partial charge in [-0.2, -0.15) is 0 Å². The smallest absolute Gasteiger partial charge is 0.255 e. The van der Waals surface area contributed by atoms with E-state index >= 15 is 0 Å². The molecular weight excluding hydrogens is 306 g/mol. The fourth-order valence-electron chi connectivity index (χ4n) is 2.42. The highest BCUT2D eigenvalue weighted by Gasteiger charge is 2.10. The molecule has 4 aromatic rings. The maximum atomic E-state index is 12.4. The highest BCUT2D eigenvalue weighted by Crippen LogP contribution is 2.22. The van der Waals surface area contributed by atoms with Crippen LogP contribution in [0.15, 0.2) is 53.2 Å². The molecule has 0 atom stereocenters. The summed E-state index contributed by atoms with van der Waals surface area (Å²) in [5.41, 5.74) is 3.58. The van der Waals surface area contributed by atoms with Crippen molar-refractivity contribution in [2.45, 2.75) is 6.92 Å². The molecule has 7 nitrogen and oxygen atoms in total. The summed E-state index contributed by atoms with van der Waals surface area (Å²) >= 11 is 0. The molecule has 0 saturated heterocycles. The quantitative estimate of drug-likeness (QED) is 0.604. The number of nitrogens with zero attached hydrogens (tertiary/aromatic N) is 3. The average molecular weight is 319 g/mol. The predicted molar refractivity (Wildman–Crippen MR) is 88.5 cm³/mol. The van der Waals surface area contributed by atoms with Crippen LogP contribution >= 0.6 is 0 Å². The lowest BCUT2D eigenvalue weighted by Gasteiger charge is -2.06. The summed E-state index contributed by atoms with van der Waals surface area (Å²) in [6.45, 7) is 1.73. The van der Waals surface area contributed by atoms with Crippen LogP contribution in [0.3, 0.4) is 0 Å². The summed E-state index contributed by atoms with van der Waals surface area (Å²) in [6, 6.07) is 12.6. The molecule has 2 aromatic carbocycles. The molecule has 2 aromatic heterocycles. The maximum Gasteiger partial charge on any atom is 0.255 e. The van der Waals surface area contributed by atoms with Crippen LogP contribution in [-0.2, 0) is 0 Å². The van der Waals surface area contributed by atoms with E-state index in [4.69, 9.17) is 4.42 Å². The number of aryl methyl sites for hydroxylation is 1. The summed E-state index contributed by atoms with van der Waals surface area (Å²) < 4.78 is 5.41. The molecule has 0 saturated carbocycles. The highest BCUT2D eigenvalue weighted by atomic mass is 16.4. The second kappa shape index (κ2) is 5.62. The lowest BCUT2D eigenvalue weighted by Crippen LogP contribution is -2.11. The molecule has 4 rings (SSSR count). The Morgan fingerprint density at radius 2 is 2.08 bits per heavy atom. The van der Waals surface area contributed by atoms with Gasteiger partial charge in [0.15, 0.2) is 0 Å². The number of fused-ring (bicyclic) bond motifs is 1. The summed E-state index contributed by atoms with van der Waals surface area (Å²) in [7, 11) is 0.